The van der Waals surface area contributed by atoms with Crippen LogP contribution in [0.1, 0.15) is 12.8 Å². The molecule has 0 atom stereocenters. The van der Waals surface area contributed by atoms with Crippen LogP contribution < -0.4 is 11.4 Å². The van der Waals surface area contributed by atoms with E-state index in [9.17, 15) is 9.59 Å². The van der Waals surface area contributed by atoms with Gasteiger partial charge in [0.1, 0.15) is 0 Å². The molecule has 1 heterocycles. The number of aliphatic hydroxyl groups excluding tert-OH is 1. The number of hydrogen-bond donors (Lipinski definition) is 3. The first-order valence-electron chi connectivity index (χ1n) is 4.22. The normalized spacial score (nSPS) is 27.2. The Morgan fingerprint density at radius 1 is 1.31 bits per heavy atom. The number of nitrogens with zero attached hydrogens (tertiary/aromatic N) is 1. The van der Waals surface area contributed by atoms with Gasteiger partial charge in [0.05, 0.1) is 6.10 Å². The van der Waals surface area contributed by atoms with Crippen LogP contribution in [0.4, 0.5) is 0 Å². The van der Waals surface area contributed by atoms with Gasteiger partial charge in [0.2, 0.25) is 0 Å². The number of aliphatic hydroxyl groups is 1. The number of aromatic amines is 2. The maximum atomic E-state index is 11.0. The number of aromatic nitrogens is 3. The summed E-state index contributed by atoms with van der Waals surface area (Å²) in [6, 6.07) is 0. The van der Waals surface area contributed by atoms with Gasteiger partial charge in [-0.25, -0.2) is 24.4 Å². The van der Waals surface area contributed by atoms with Crippen molar-refractivity contribution in [3.05, 3.63) is 21.0 Å². The van der Waals surface area contributed by atoms with Crippen LogP contribution in [0.25, 0.3) is 0 Å². The molecule has 0 saturated heterocycles. The van der Waals surface area contributed by atoms with Crippen molar-refractivity contribution in [2.24, 2.45) is 5.92 Å². The molecule has 6 heteroatoms. The maximum Gasteiger partial charge on any atom is 0.344 e. The zero-order valence-corrected chi connectivity index (χ0v) is 6.99. The molecular formula is C7H11N3O3. The third-order valence-corrected chi connectivity index (χ3v) is 2.42. The lowest BCUT2D eigenvalue weighted by molar-refractivity contribution is 0.0344. The van der Waals surface area contributed by atoms with Crippen LogP contribution in [0, 0.1) is 5.92 Å². The molecule has 0 aliphatic heterocycles. The molecule has 0 unspecified atom stereocenters. The summed E-state index contributed by atoms with van der Waals surface area (Å²) >= 11 is 0. The molecule has 1 aromatic heterocycles. The van der Waals surface area contributed by atoms with Gasteiger partial charge in [0.25, 0.3) is 0 Å². The Bertz CT molecular complexity index is 368. The van der Waals surface area contributed by atoms with Gasteiger partial charge in [-0.3, -0.25) is 0 Å². The average Bonchev–Trinajstić information content (AvgIpc) is 2.32. The van der Waals surface area contributed by atoms with Gasteiger partial charge in [-0.15, -0.1) is 0 Å². The lowest BCUT2D eigenvalue weighted by Crippen LogP contribution is -2.37. The van der Waals surface area contributed by atoms with Crippen molar-refractivity contribution in [2.75, 3.05) is 0 Å². The molecule has 1 aliphatic rings. The highest BCUT2D eigenvalue weighted by atomic mass is 16.3. The number of rotatable bonds is 2. The third-order valence-electron chi connectivity index (χ3n) is 2.42. The Kier molecular flexibility index (Phi) is 1.84. The second-order valence-corrected chi connectivity index (χ2v) is 3.46. The van der Waals surface area contributed by atoms with E-state index in [4.69, 9.17) is 5.11 Å². The highest BCUT2D eigenvalue weighted by molar-refractivity contribution is 4.80. The highest BCUT2D eigenvalue weighted by Crippen LogP contribution is 2.27. The van der Waals surface area contributed by atoms with Crippen LogP contribution in [0.5, 0.6) is 0 Å². The summed E-state index contributed by atoms with van der Waals surface area (Å²) in [7, 11) is 0. The smallest absolute Gasteiger partial charge is 0.344 e. The quantitative estimate of drug-likeness (QED) is 0.531. The van der Waals surface area contributed by atoms with Crippen LogP contribution in [0.15, 0.2) is 9.59 Å². The lowest BCUT2D eigenvalue weighted by Gasteiger charge is -2.30. The molecule has 1 fully saturated rings. The Morgan fingerprint density at radius 3 is 2.31 bits per heavy atom. The number of nitrogens with one attached hydrogen (secondary N) is 2. The Hall–Kier alpha value is -1.30. The fourth-order valence-electron chi connectivity index (χ4n) is 1.61. The Labute approximate surface area is 73.2 Å². The van der Waals surface area contributed by atoms with Gasteiger partial charge in [0.15, 0.2) is 0 Å². The molecule has 0 radical (unpaired) electrons. The zero-order chi connectivity index (χ0) is 9.42. The molecule has 2 rings (SSSR count). The summed E-state index contributed by atoms with van der Waals surface area (Å²) in [6.45, 7) is 0.398. The first kappa shape index (κ1) is 8.31. The van der Waals surface area contributed by atoms with Gasteiger partial charge < -0.3 is 5.11 Å². The summed E-state index contributed by atoms with van der Waals surface area (Å²) < 4.78 is 1.12. The molecule has 1 aromatic rings. The van der Waals surface area contributed by atoms with Crippen molar-refractivity contribution >= 4 is 0 Å². The topological polar surface area (TPSA) is 90.9 Å². The fraction of sp³-hybridized carbons (Fsp3) is 0.714. The van der Waals surface area contributed by atoms with Crippen molar-refractivity contribution in [1.29, 1.82) is 0 Å². The minimum Gasteiger partial charge on any atom is -0.393 e. The predicted octanol–water partition coefficient (Wildman–Crippen LogP) is -1.36. The fourth-order valence-corrected chi connectivity index (χ4v) is 1.61. The molecule has 72 valence electrons. The van der Waals surface area contributed by atoms with Crippen molar-refractivity contribution in [2.45, 2.75) is 25.5 Å². The van der Waals surface area contributed by atoms with E-state index in [2.05, 4.69) is 10.2 Å². The monoisotopic (exact) mass is 185 g/mol. The summed E-state index contributed by atoms with van der Waals surface area (Å²) in [5, 5.41) is 13.4. The van der Waals surface area contributed by atoms with Gasteiger partial charge in [0, 0.05) is 6.54 Å². The van der Waals surface area contributed by atoms with Gasteiger partial charge in [-0.2, -0.15) is 0 Å². The van der Waals surface area contributed by atoms with E-state index in [1.807, 2.05) is 0 Å². The van der Waals surface area contributed by atoms with Crippen molar-refractivity contribution < 1.29 is 5.11 Å². The second kappa shape index (κ2) is 2.88. The Balaban J connectivity index is 2.10. The van der Waals surface area contributed by atoms with E-state index < -0.39 is 11.4 Å². The van der Waals surface area contributed by atoms with E-state index in [-0.39, 0.29) is 12.0 Å². The summed E-state index contributed by atoms with van der Waals surface area (Å²) in [4.78, 5) is 22.0. The van der Waals surface area contributed by atoms with E-state index in [1.54, 1.807) is 0 Å². The minimum atomic E-state index is -0.411. The largest absolute Gasteiger partial charge is 0.393 e. The molecule has 0 spiro atoms. The SMILES string of the molecule is O=c1[nH][nH]c(=O)n1CC1CC(O)C1. The summed E-state index contributed by atoms with van der Waals surface area (Å²) in [6.07, 6.45) is 1.10. The number of H-pyrrole nitrogens is 2. The van der Waals surface area contributed by atoms with Crippen molar-refractivity contribution in [3.8, 4) is 0 Å². The molecule has 0 bridgehead atoms. The zero-order valence-electron chi connectivity index (χ0n) is 6.99. The molecule has 6 nitrogen and oxygen atoms in total. The molecule has 1 aliphatic carbocycles. The molecule has 1 saturated carbocycles. The average molecular weight is 185 g/mol. The maximum absolute atomic E-state index is 11.0. The van der Waals surface area contributed by atoms with Gasteiger partial charge >= 0.3 is 11.4 Å². The molecule has 3 N–H and O–H groups in total. The standard InChI is InChI=1S/C7H11N3O3/c11-5-1-4(2-5)3-10-6(12)8-9-7(10)13/h4-5,11H,1-3H2,(H,8,12)(H,9,13). The minimum absolute atomic E-state index is 0.251. The Morgan fingerprint density at radius 2 is 1.85 bits per heavy atom. The second-order valence-electron chi connectivity index (χ2n) is 3.46. The third kappa shape index (κ3) is 1.44. The molecule has 0 amide bonds. The van der Waals surface area contributed by atoms with E-state index in [0.717, 1.165) is 4.57 Å². The van der Waals surface area contributed by atoms with Crippen molar-refractivity contribution in [3.63, 3.8) is 0 Å². The first-order chi connectivity index (χ1) is 6.16. The highest BCUT2D eigenvalue weighted by Gasteiger charge is 2.28. The van der Waals surface area contributed by atoms with Crippen LogP contribution in [0.2, 0.25) is 0 Å². The van der Waals surface area contributed by atoms with Gasteiger partial charge in [-0.1, -0.05) is 0 Å². The van der Waals surface area contributed by atoms with Crippen LogP contribution in [0.3, 0.4) is 0 Å². The molecular weight excluding hydrogens is 174 g/mol. The van der Waals surface area contributed by atoms with E-state index in [1.165, 1.54) is 0 Å². The van der Waals surface area contributed by atoms with Crippen LogP contribution in [-0.2, 0) is 6.54 Å². The molecule has 13 heavy (non-hydrogen) atoms. The van der Waals surface area contributed by atoms with Crippen LogP contribution >= 0.6 is 0 Å². The van der Waals surface area contributed by atoms with E-state index in [0.29, 0.717) is 19.4 Å². The van der Waals surface area contributed by atoms with Gasteiger partial charge in [-0.05, 0) is 18.8 Å². The lowest BCUT2D eigenvalue weighted by atomic mass is 9.82. The summed E-state index contributed by atoms with van der Waals surface area (Å²) in [5.41, 5.74) is -0.822. The van der Waals surface area contributed by atoms with Crippen LogP contribution in [-0.4, -0.2) is 26.0 Å². The number of hydrogen-bond acceptors (Lipinski definition) is 3. The summed E-state index contributed by atoms with van der Waals surface area (Å²) in [5.74, 6) is 0.254. The molecule has 0 aromatic carbocycles. The van der Waals surface area contributed by atoms with Crippen molar-refractivity contribution in [1.82, 2.24) is 14.8 Å². The predicted molar refractivity (Wildman–Crippen MR) is 44.4 cm³/mol. The van der Waals surface area contributed by atoms with E-state index >= 15 is 0 Å². The first-order valence-corrected chi connectivity index (χ1v) is 4.22.